The van der Waals surface area contributed by atoms with Crippen LogP contribution in [0.1, 0.15) is 11.3 Å². The normalized spacial score (nSPS) is 15.4. The summed E-state index contributed by atoms with van der Waals surface area (Å²) >= 11 is 0. The maximum Gasteiger partial charge on any atom is 0.180 e. The Morgan fingerprint density at radius 3 is 2.52 bits per heavy atom. The number of aromatic nitrogens is 3. The molecule has 0 spiro atoms. The van der Waals surface area contributed by atoms with E-state index in [0.29, 0.717) is 0 Å². The van der Waals surface area contributed by atoms with Gasteiger partial charge in [0.05, 0.1) is 5.39 Å². The van der Waals surface area contributed by atoms with Crippen LogP contribution in [-0.4, -0.2) is 41.3 Å². The van der Waals surface area contributed by atoms with Gasteiger partial charge in [-0.15, -0.1) is 0 Å². The lowest BCUT2D eigenvalue weighted by molar-refractivity contribution is 0.452. The predicted molar refractivity (Wildman–Crippen MR) is 89.9 cm³/mol. The first-order valence-electron chi connectivity index (χ1n) is 7.85. The number of piperazine rings is 1. The lowest BCUT2D eigenvalue weighted by Gasteiger charge is -2.35. The molecule has 0 bridgehead atoms. The van der Waals surface area contributed by atoms with E-state index in [0.717, 1.165) is 54.5 Å². The quantitative estimate of drug-likeness (QED) is 0.725. The number of nitrogens with zero attached hydrogens (tertiary/aromatic N) is 5. The van der Waals surface area contributed by atoms with Crippen molar-refractivity contribution in [3.05, 3.63) is 41.9 Å². The first kappa shape index (κ1) is 14.0. The van der Waals surface area contributed by atoms with Gasteiger partial charge in [0.2, 0.25) is 0 Å². The standard InChI is InChI=1S/C17H19N5O/c1-12-3-4-14-15(9-12)23-20-17(14)22-7-5-21(6-8-22)16-10-13(2)18-11-19-16/h3-4,9-11H,5-8H2,1-2H3. The molecule has 0 atom stereocenters. The Bertz CT molecular complexity index is 836. The predicted octanol–water partition coefficient (Wildman–Crippen LogP) is 2.56. The van der Waals surface area contributed by atoms with Gasteiger partial charge in [0.15, 0.2) is 11.4 Å². The molecule has 1 aliphatic heterocycles. The highest BCUT2D eigenvalue weighted by molar-refractivity contribution is 5.89. The van der Waals surface area contributed by atoms with Gasteiger partial charge in [-0.25, -0.2) is 9.97 Å². The molecule has 1 fully saturated rings. The van der Waals surface area contributed by atoms with Crippen molar-refractivity contribution in [2.24, 2.45) is 0 Å². The average Bonchev–Trinajstić information content (AvgIpc) is 2.98. The van der Waals surface area contributed by atoms with Crippen molar-refractivity contribution in [1.82, 2.24) is 15.1 Å². The van der Waals surface area contributed by atoms with E-state index in [1.807, 2.05) is 19.1 Å². The van der Waals surface area contributed by atoms with Crippen molar-refractivity contribution >= 4 is 22.6 Å². The van der Waals surface area contributed by atoms with Crippen molar-refractivity contribution in [3.8, 4) is 0 Å². The summed E-state index contributed by atoms with van der Waals surface area (Å²) in [5, 5.41) is 5.36. The second-order valence-corrected chi connectivity index (χ2v) is 6.00. The van der Waals surface area contributed by atoms with Crippen LogP contribution in [0.25, 0.3) is 11.0 Å². The van der Waals surface area contributed by atoms with Gasteiger partial charge < -0.3 is 14.3 Å². The third-order valence-electron chi connectivity index (χ3n) is 4.30. The monoisotopic (exact) mass is 309 g/mol. The van der Waals surface area contributed by atoms with Gasteiger partial charge in [-0.05, 0) is 31.5 Å². The van der Waals surface area contributed by atoms with E-state index in [4.69, 9.17) is 4.52 Å². The maximum atomic E-state index is 5.48. The second-order valence-electron chi connectivity index (χ2n) is 6.00. The Morgan fingerprint density at radius 2 is 1.74 bits per heavy atom. The first-order valence-corrected chi connectivity index (χ1v) is 7.85. The van der Waals surface area contributed by atoms with Crippen molar-refractivity contribution in [2.75, 3.05) is 36.0 Å². The number of hydrogen-bond acceptors (Lipinski definition) is 6. The van der Waals surface area contributed by atoms with Crippen LogP contribution in [0.2, 0.25) is 0 Å². The molecule has 1 aliphatic rings. The molecular weight excluding hydrogens is 290 g/mol. The van der Waals surface area contributed by atoms with E-state index in [-0.39, 0.29) is 0 Å². The highest BCUT2D eigenvalue weighted by atomic mass is 16.5. The van der Waals surface area contributed by atoms with E-state index in [2.05, 4.69) is 44.0 Å². The van der Waals surface area contributed by atoms with Gasteiger partial charge in [0.25, 0.3) is 0 Å². The molecule has 3 aromatic rings. The molecule has 2 aromatic heterocycles. The van der Waals surface area contributed by atoms with Crippen LogP contribution >= 0.6 is 0 Å². The average molecular weight is 309 g/mol. The molecule has 3 heterocycles. The molecule has 0 radical (unpaired) electrons. The van der Waals surface area contributed by atoms with Gasteiger partial charge in [-0.1, -0.05) is 11.2 Å². The Labute approximate surface area is 134 Å². The second kappa shape index (κ2) is 5.53. The number of hydrogen-bond donors (Lipinski definition) is 0. The number of fused-ring (bicyclic) bond motifs is 1. The van der Waals surface area contributed by atoms with Crippen LogP contribution in [-0.2, 0) is 0 Å². The zero-order valence-electron chi connectivity index (χ0n) is 13.4. The minimum Gasteiger partial charge on any atom is -0.354 e. The van der Waals surface area contributed by atoms with E-state index in [1.54, 1.807) is 6.33 Å². The Hall–Kier alpha value is -2.63. The van der Waals surface area contributed by atoms with Crippen LogP contribution in [0.4, 0.5) is 11.6 Å². The Morgan fingerprint density at radius 1 is 0.957 bits per heavy atom. The fourth-order valence-electron chi connectivity index (χ4n) is 3.02. The first-order chi connectivity index (χ1) is 11.2. The van der Waals surface area contributed by atoms with E-state index < -0.39 is 0 Å². The lowest BCUT2D eigenvalue weighted by atomic mass is 10.2. The molecule has 0 saturated carbocycles. The van der Waals surface area contributed by atoms with Crippen LogP contribution < -0.4 is 9.80 Å². The zero-order chi connectivity index (χ0) is 15.8. The van der Waals surface area contributed by atoms with Gasteiger partial charge in [-0.2, -0.15) is 0 Å². The van der Waals surface area contributed by atoms with Gasteiger partial charge >= 0.3 is 0 Å². The van der Waals surface area contributed by atoms with Gasteiger partial charge in [0, 0.05) is 37.9 Å². The molecule has 1 saturated heterocycles. The van der Waals surface area contributed by atoms with Gasteiger partial charge in [0.1, 0.15) is 12.1 Å². The Balaban J connectivity index is 1.52. The van der Waals surface area contributed by atoms with E-state index in [9.17, 15) is 0 Å². The summed E-state index contributed by atoms with van der Waals surface area (Å²) in [7, 11) is 0. The third-order valence-corrected chi connectivity index (χ3v) is 4.30. The van der Waals surface area contributed by atoms with E-state index >= 15 is 0 Å². The highest BCUT2D eigenvalue weighted by Crippen LogP contribution is 2.28. The number of benzene rings is 1. The molecule has 0 amide bonds. The Kier molecular flexibility index (Phi) is 3.37. The van der Waals surface area contributed by atoms with Crippen molar-refractivity contribution < 1.29 is 4.52 Å². The summed E-state index contributed by atoms with van der Waals surface area (Å²) in [6, 6.07) is 8.26. The molecule has 0 unspecified atom stereocenters. The SMILES string of the molecule is Cc1ccc2c(N3CCN(c4cc(C)ncn4)CC3)noc2c1. The summed E-state index contributed by atoms with van der Waals surface area (Å²) in [6.07, 6.45) is 1.63. The molecule has 4 rings (SSSR count). The molecule has 1 aromatic carbocycles. The number of anilines is 2. The zero-order valence-corrected chi connectivity index (χ0v) is 13.4. The molecule has 0 N–H and O–H groups in total. The van der Waals surface area contributed by atoms with Crippen LogP contribution in [0.5, 0.6) is 0 Å². The minimum atomic E-state index is 0.855. The molecule has 6 nitrogen and oxygen atoms in total. The van der Waals surface area contributed by atoms with Crippen LogP contribution in [0.15, 0.2) is 35.1 Å². The molecular formula is C17H19N5O. The van der Waals surface area contributed by atoms with Gasteiger partial charge in [-0.3, -0.25) is 0 Å². The lowest BCUT2D eigenvalue weighted by Crippen LogP contribution is -2.47. The maximum absolute atomic E-state index is 5.48. The van der Waals surface area contributed by atoms with Crippen molar-refractivity contribution in [3.63, 3.8) is 0 Å². The third kappa shape index (κ3) is 2.60. The molecule has 6 heteroatoms. The van der Waals surface area contributed by atoms with Crippen LogP contribution in [0.3, 0.4) is 0 Å². The minimum absolute atomic E-state index is 0.855. The van der Waals surface area contributed by atoms with Crippen molar-refractivity contribution in [1.29, 1.82) is 0 Å². The molecule has 23 heavy (non-hydrogen) atoms. The summed E-state index contributed by atoms with van der Waals surface area (Å²) in [5.41, 5.74) is 3.04. The summed E-state index contributed by atoms with van der Waals surface area (Å²) < 4.78 is 5.48. The molecule has 0 aliphatic carbocycles. The number of aryl methyl sites for hydroxylation is 2. The summed E-state index contributed by atoms with van der Waals surface area (Å²) in [6.45, 7) is 7.68. The fraction of sp³-hybridized carbons (Fsp3) is 0.353. The summed E-state index contributed by atoms with van der Waals surface area (Å²) in [4.78, 5) is 13.1. The smallest absolute Gasteiger partial charge is 0.180 e. The largest absolute Gasteiger partial charge is 0.354 e. The number of rotatable bonds is 2. The summed E-state index contributed by atoms with van der Waals surface area (Å²) in [5.74, 6) is 1.94. The topological polar surface area (TPSA) is 58.3 Å². The highest BCUT2D eigenvalue weighted by Gasteiger charge is 2.22. The van der Waals surface area contributed by atoms with Crippen LogP contribution in [0, 0.1) is 13.8 Å². The fourth-order valence-corrected chi connectivity index (χ4v) is 3.02. The van der Waals surface area contributed by atoms with Crippen molar-refractivity contribution in [2.45, 2.75) is 13.8 Å². The van der Waals surface area contributed by atoms with E-state index in [1.165, 1.54) is 5.56 Å². The molecule has 118 valence electrons.